The van der Waals surface area contributed by atoms with Gasteiger partial charge < -0.3 is 9.47 Å². The van der Waals surface area contributed by atoms with E-state index in [1.54, 1.807) is 48.5 Å². The molecule has 6 nitrogen and oxygen atoms in total. The van der Waals surface area contributed by atoms with Crippen molar-refractivity contribution in [2.45, 2.75) is 32.6 Å². The highest BCUT2D eigenvalue weighted by molar-refractivity contribution is 6.30. The summed E-state index contributed by atoms with van der Waals surface area (Å²) in [5.41, 5.74) is 5.06. The highest BCUT2D eigenvalue weighted by Gasteiger charge is 2.13. The molecule has 0 aliphatic heterocycles. The number of carbonyl (C=O) groups excluding carboxylic acids is 2. The van der Waals surface area contributed by atoms with E-state index in [4.69, 9.17) is 21.1 Å². The summed E-state index contributed by atoms with van der Waals surface area (Å²) in [5, 5.41) is 0.579. The van der Waals surface area contributed by atoms with Crippen molar-refractivity contribution < 1.29 is 19.1 Å². The second-order valence-corrected chi connectivity index (χ2v) is 6.59. The average molecular weight is 405 g/mol. The Morgan fingerprint density at radius 2 is 1.68 bits per heavy atom. The number of hydrogen-bond acceptors (Lipinski definition) is 4. The summed E-state index contributed by atoms with van der Waals surface area (Å²) in [6.45, 7) is 2.46. The van der Waals surface area contributed by atoms with Gasteiger partial charge in [-0.05, 0) is 42.8 Å². The molecule has 150 valence electrons. The topological polar surface area (TPSA) is 76.7 Å². The number of unbranched alkanes of at least 4 members (excludes halogenated alkanes) is 3. The molecule has 0 aromatic heterocycles. The Labute approximate surface area is 170 Å². The van der Waals surface area contributed by atoms with Gasteiger partial charge in [0.2, 0.25) is 0 Å². The van der Waals surface area contributed by atoms with Crippen LogP contribution in [0.25, 0.3) is 0 Å². The highest BCUT2D eigenvalue weighted by atomic mass is 35.5. The first-order chi connectivity index (χ1) is 13.6. The van der Waals surface area contributed by atoms with Gasteiger partial charge in [-0.3, -0.25) is 20.4 Å². The summed E-state index contributed by atoms with van der Waals surface area (Å²) in [5.74, 6) is 0.0566. The van der Waals surface area contributed by atoms with Gasteiger partial charge in [-0.2, -0.15) is 0 Å². The predicted molar refractivity (Wildman–Crippen MR) is 109 cm³/mol. The van der Waals surface area contributed by atoms with E-state index in [1.165, 1.54) is 0 Å². The number of carbonyl (C=O) groups is 2. The highest BCUT2D eigenvalue weighted by Crippen LogP contribution is 2.18. The third kappa shape index (κ3) is 7.48. The minimum absolute atomic E-state index is 0.239. The van der Waals surface area contributed by atoms with E-state index in [2.05, 4.69) is 17.8 Å². The first-order valence-electron chi connectivity index (χ1n) is 9.29. The molecule has 28 heavy (non-hydrogen) atoms. The zero-order valence-corrected chi connectivity index (χ0v) is 16.6. The molecule has 0 bridgehead atoms. The zero-order valence-electron chi connectivity index (χ0n) is 15.9. The molecular formula is C21H25ClN2O4. The van der Waals surface area contributed by atoms with Crippen molar-refractivity contribution in [2.24, 2.45) is 0 Å². The van der Waals surface area contributed by atoms with Crippen LogP contribution in [-0.2, 0) is 4.79 Å². The third-order valence-electron chi connectivity index (χ3n) is 3.89. The molecule has 2 amide bonds. The summed E-state index contributed by atoms with van der Waals surface area (Å²) in [6.07, 6.45) is 4.34. The van der Waals surface area contributed by atoms with Crippen LogP contribution in [0.15, 0.2) is 48.5 Å². The Balaban J connectivity index is 1.78. The van der Waals surface area contributed by atoms with Gasteiger partial charge >= 0.3 is 0 Å². The third-order valence-corrected chi connectivity index (χ3v) is 4.14. The van der Waals surface area contributed by atoms with Crippen LogP contribution in [0.3, 0.4) is 0 Å². The van der Waals surface area contributed by atoms with Crippen molar-refractivity contribution in [3.63, 3.8) is 0 Å². The molecule has 2 rings (SSSR count). The number of ether oxygens (including phenoxy) is 2. The van der Waals surface area contributed by atoms with Gasteiger partial charge in [0, 0.05) is 5.02 Å². The summed E-state index contributed by atoms with van der Waals surface area (Å²) >= 11 is 5.79. The first-order valence-corrected chi connectivity index (χ1v) is 9.67. The van der Waals surface area contributed by atoms with E-state index < -0.39 is 11.8 Å². The molecule has 0 spiro atoms. The average Bonchev–Trinajstić information content (AvgIpc) is 2.71. The van der Waals surface area contributed by atoms with E-state index >= 15 is 0 Å². The maximum Gasteiger partial charge on any atom is 0.276 e. The van der Waals surface area contributed by atoms with Crippen LogP contribution in [-0.4, -0.2) is 25.0 Å². The number of rotatable bonds is 10. The molecule has 2 aromatic carbocycles. The van der Waals surface area contributed by atoms with Crippen molar-refractivity contribution in [1.29, 1.82) is 0 Å². The van der Waals surface area contributed by atoms with Crippen LogP contribution in [0.2, 0.25) is 5.02 Å². The number of hydrogen-bond donors (Lipinski definition) is 2. The van der Waals surface area contributed by atoms with E-state index in [0.29, 0.717) is 28.7 Å². The lowest BCUT2D eigenvalue weighted by Gasteiger charge is -2.12. The first kappa shape index (κ1) is 21.6. The minimum Gasteiger partial charge on any atom is -0.493 e. The summed E-state index contributed by atoms with van der Waals surface area (Å²) < 4.78 is 11.0. The molecular weight excluding hydrogens is 380 g/mol. The van der Waals surface area contributed by atoms with Crippen LogP contribution in [0.4, 0.5) is 0 Å². The smallest absolute Gasteiger partial charge is 0.276 e. The number of hydrazine groups is 1. The van der Waals surface area contributed by atoms with Crippen LogP contribution in [0.1, 0.15) is 43.0 Å². The monoisotopic (exact) mass is 404 g/mol. The van der Waals surface area contributed by atoms with Gasteiger partial charge in [0.15, 0.2) is 6.61 Å². The van der Waals surface area contributed by atoms with Crippen molar-refractivity contribution in [3.05, 3.63) is 59.1 Å². The largest absolute Gasteiger partial charge is 0.493 e. The van der Waals surface area contributed by atoms with Crippen molar-refractivity contribution >= 4 is 23.4 Å². The fourth-order valence-corrected chi connectivity index (χ4v) is 2.53. The lowest BCUT2D eigenvalue weighted by atomic mass is 10.2. The molecule has 0 fully saturated rings. The Kier molecular flexibility index (Phi) is 9.15. The number of benzene rings is 2. The van der Waals surface area contributed by atoms with E-state index in [-0.39, 0.29) is 6.61 Å². The fraction of sp³-hybridized carbons (Fsp3) is 0.333. The Morgan fingerprint density at radius 1 is 0.929 bits per heavy atom. The molecule has 0 heterocycles. The molecule has 0 saturated heterocycles. The molecule has 2 aromatic rings. The van der Waals surface area contributed by atoms with Crippen molar-refractivity contribution in [2.75, 3.05) is 13.2 Å². The van der Waals surface area contributed by atoms with Gasteiger partial charge in [0.05, 0.1) is 12.2 Å². The Hall–Kier alpha value is -2.73. The molecule has 2 N–H and O–H groups in total. The molecule has 0 unspecified atom stereocenters. The standard InChI is InChI=1S/C21H25ClN2O4/c1-2-3-4-7-14-27-19-9-6-5-8-18(19)21(26)24-23-20(25)15-28-17-12-10-16(22)11-13-17/h5-6,8-13H,2-4,7,14-15H2,1H3,(H,23,25)(H,24,26). The quantitative estimate of drug-likeness (QED) is 0.461. The molecule has 0 aliphatic carbocycles. The van der Waals surface area contributed by atoms with Gasteiger partial charge in [-0.15, -0.1) is 0 Å². The molecule has 7 heteroatoms. The molecule has 0 saturated carbocycles. The van der Waals surface area contributed by atoms with Crippen LogP contribution < -0.4 is 20.3 Å². The summed E-state index contributed by atoms with van der Waals surface area (Å²) in [6, 6.07) is 13.6. The summed E-state index contributed by atoms with van der Waals surface area (Å²) in [4.78, 5) is 24.2. The lowest BCUT2D eigenvalue weighted by Crippen LogP contribution is -2.43. The second-order valence-electron chi connectivity index (χ2n) is 6.15. The fourth-order valence-electron chi connectivity index (χ4n) is 2.40. The van der Waals surface area contributed by atoms with Gasteiger partial charge in [0.1, 0.15) is 11.5 Å². The number of nitrogens with one attached hydrogen (secondary N) is 2. The minimum atomic E-state index is -0.485. The SMILES string of the molecule is CCCCCCOc1ccccc1C(=O)NNC(=O)COc1ccc(Cl)cc1. The van der Waals surface area contributed by atoms with Crippen LogP contribution in [0, 0.1) is 0 Å². The van der Waals surface area contributed by atoms with Crippen molar-refractivity contribution in [1.82, 2.24) is 10.9 Å². The lowest BCUT2D eigenvalue weighted by molar-refractivity contribution is -0.123. The van der Waals surface area contributed by atoms with E-state index in [0.717, 1.165) is 25.7 Å². The molecule has 0 radical (unpaired) electrons. The van der Waals surface area contributed by atoms with Gasteiger partial charge in [0.25, 0.3) is 11.8 Å². The summed E-state index contributed by atoms with van der Waals surface area (Å²) in [7, 11) is 0. The normalized spacial score (nSPS) is 10.2. The van der Waals surface area contributed by atoms with E-state index in [9.17, 15) is 9.59 Å². The van der Waals surface area contributed by atoms with E-state index in [1.807, 2.05) is 0 Å². The van der Waals surface area contributed by atoms with Crippen LogP contribution in [0.5, 0.6) is 11.5 Å². The number of halogens is 1. The second kappa shape index (κ2) is 11.9. The number of amides is 2. The Bertz CT molecular complexity index is 765. The van der Waals surface area contributed by atoms with Gasteiger partial charge in [-0.25, -0.2) is 0 Å². The zero-order chi connectivity index (χ0) is 20.2. The molecule has 0 aliphatic rings. The number of para-hydroxylation sites is 1. The van der Waals surface area contributed by atoms with Gasteiger partial charge in [-0.1, -0.05) is 49.9 Å². The van der Waals surface area contributed by atoms with Crippen LogP contribution >= 0.6 is 11.6 Å². The molecule has 0 atom stereocenters. The van der Waals surface area contributed by atoms with Crippen molar-refractivity contribution in [3.8, 4) is 11.5 Å². The maximum absolute atomic E-state index is 12.4. The maximum atomic E-state index is 12.4. The predicted octanol–water partition coefficient (Wildman–Crippen LogP) is 4.14. The Morgan fingerprint density at radius 3 is 2.43 bits per heavy atom.